The fourth-order valence-corrected chi connectivity index (χ4v) is 2.04. The molecule has 0 aliphatic rings. The van der Waals surface area contributed by atoms with E-state index in [9.17, 15) is 3.83 Å². The fourth-order valence-electron chi connectivity index (χ4n) is 0.950. The average Bonchev–Trinajstić information content (AvgIpc) is 2.00. The zero-order valence-corrected chi connectivity index (χ0v) is 10.8. The van der Waals surface area contributed by atoms with E-state index in [1.807, 2.05) is 5.82 Å². The molecule has 0 aromatic heterocycles. The van der Waals surface area contributed by atoms with Gasteiger partial charge in [0.1, 0.15) is 0 Å². The van der Waals surface area contributed by atoms with E-state index in [0.29, 0.717) is 0 Å². The number of hydrogen-bond acceptors (Lipinski definition) is 1. The monoisotopic (exact) mass is 248 g/mol. The Morgan fingerprint density at radius 1 is 1.23 bits per heavy atom. The van der Waals surface area contributed by atoms with E-state index in [0.717, 1.165) is 18.2 Å². The second-order valence-electron chi connectivity index (χ2n) is 3.61. The Kier molecular flexibility index (Phi) is 7.12. The molecule has 0 rings (SSSR count). The van der Waals surface area contributed by atoms with Crippen LogP contribution in [0.2, 0.25) is 11.1 Å². The molecule has 0 saturated heterocycles. The molecule has 1 unspecified atom stereocenters. The third-order valence-corrected chi connectivity index (χ3v) is 3.09. The average molecular weight is 247 g/mol. The standard InChI is InChI=1S/C11H20OSe/c1-10(2)6-5-7-11(3)8-9-13(4)12/h6,8H,5,7,9H2,1-4H3/b11-8+. The normalized spacial score (nSPS) is 14.0. The summed E-state index contributed by atoms with van der Waals surface area (Å²) >= 11 is -1.51. The van der Waals surface area contributed by atoms with Gasteiger partial charge in [-0.15, -0.1) is 0 Å². The number of hydrogen-bond donors (Lipinski definition) is 0. The molecule has 0 bridgehead atoms. The first-order valence-corrected chi connectivity index (χ1v) is 8.23. The van der Waals surface area contributed by atoms with Crippen LogP contribution >= 0.6 is 0 Å². The Labute approximate surface area is 86.0 Å². The number of rotatable bonds is 5. The summed E-state index contributed by atoms with van der Waals surface area (Å²) in [5.41, 5.74) is 2.74. The second kappa shape index (κ2) is 7.23. The Bertz CT molecular complexity index is 222. The summed E-state index contributed by atoms with van der Waals surface area (Å²) in [6.45, 7) is 6.35. The molecule has 0 aliphatic heterocycles. The van der Waals surface area contributed by atoms with Crippen molar-refractivity contribution in [1.29, 1.82) is 0 Å². The van der Waals surface area contributed by atoms with E-state index in [1.54, 1.807) is 0 Å². The Hall–Kier alpha value is -0.201. The van der Waals surface area contributed by atoms with Gasteiger partial charge in [-0.25, -0.2) is 0 Å². The van der Waals surface area contributed by atoms with Gasteiger partial charge in [-0.05, 0) is 0 Å². The molecule has 0 spiro atoms. The van der Waals surface area contributed by atoms with Crippen LogP contribution in [0.1, 0.15) is 33.6 Å². The van der Waals surface area contributed by atoms with Gasteiger partial charge in [-0.3, -0.25) is 0 Å². The third-order valence-electron chi connectivity index (χ3n) is 1.76. The molecule has 0 saturated carbocycles. The van der Waals surface area contributed by atoms with Gasteiger partial charge in [0.2, 0.25) is 0 Å². The second-order valence-corrected chi connectivity index (χ2v) is 6.72. The molecule has 0 fully saturated rings. The topological polar surface area (TPSA) is 17.1 Å². The maximum atomic E-state index is 10.9. The van der Waals surface area contributed by atoms with Crippen LogP contribution in [-0.4, -0.2) is 13.8 Å². The Morgan fingerprint density at radius 2 is 1.85 bits per heavy atom. The molecule has 0 aliphatic carbocycles. The molecule has 1 atom stereocenters. The van der Waals surface area contributed by atoms with Crippen LogP contribution in [0.3, 0.4) is 0 Å². The molecule has 0 aromatic carbocycles. The van der Waals surface area contributed by atoms with Gasteiger partial charge in [0.25, 0.3) is 0 Å². The van der Waals surface area contributed by atoms with Crippen LogP contribution in [0, 0.1) is 0 Å². The predicted molar refractivity (Wildman–Crippen MR) is 59.5 cm³/mol. The zero-order chi connectivity index (χ0) is 10.3. The van der Waals surface area contributed by atoms with Crippen molar-refractivity contribution in [2.75, 3.05) is 0 Å². The van der Waals surface area contributed by atoms with E-state index < -0.39 is 13.8 Å². The van der Waals surface area contributed by atoms with Crippen LogP contribution in [0.5, 0.6) is 0 Å². The van der Waals surface area contributed by atoms with Crippen molar-refractivity contribution >= 4 is 13.8 Å². The minimum atomic E-state index is -1.51. The van der Waals surface area contributed by atoms with Gasteiger partial charge in [0.15, 0.2) is 0 Å². The van der Waals surface area contributed by atoms with E-state index in [2.05, 4.69) is 32.9 Å². The zero-order valence-electron chi connectivity index (χ0n) is 9.09. The van der Waals surface area contributed by atoms with Crippen molar-refractivity contribution in [1.82, 2.24) is 0 Å². The Balaban J connectivity index is 3.73. The van der Waals surface area contributed by atoms with Gasteiger partial charge >= 0.3 is 85.7 Å². The van der Waals surface area contributed by atoms with Crippen molar-refractivity contribution in [3.8, 4) is 0 Å². The summed E-state index contributed by atoms with van der Waals surface area (Å²) in [6.07, 6.45) is 6.58. The molecule has 1 nitrogen and oxygen atoms in total. The molecule has 0 amide bonds. The van der Waals surface area contributed by atoms with E-state index in [1.165, 1.54) is 11.1 Å². The molecular weight excluding hydrogens is 227 g/mol. The van der Waals surface area contributed by atoms with Crippen LogP contribution < -0.4 is 0 Å². The quantitative estimate of drug-likeness (QED) is 0.534. The first-order chi connectivity index (χ1) is 6.02. The third kappa shape index (κ3) is 9.72. The summed E-state index contributed by atoms with van der Waals surface area (Å²) < 4.78 is 10.9. The van der Waals surface area contributed by atoms with Crippen LogP contribution in [-0.2, 0) is 3.83 Å². The first kappa shape index (κ1) is 12.8. The molecule has 0 aromatic rings. The van der Waals surface area contributed by atoms with Gasteiger partial charge in [-0.1, -0.05) is 0 Å². The molecule has 76 valence electrons. The first-order valence-electron chi connectivity index (χ1n) is 4.61. The molecule has 0 radical (unpaired) electrons. The summed E-state index contributed by atoms with van der Waals surface area (Å²) in [4.78, 5) is 0. The van der Waals surface area contributed by atoms with Gasteiger partial charge < -0.3 is 0 Å². The van der Waals surface area contributed by atoms with Crippen LogP contribution in [0.15, 0.2) is 23.3 Å². The van der Waals surface area contributed by atoms with E-state index >= 15 is 0 Å². The van der Waals surface area contributed by atoms with Gasteiger partial charge in [0, 0.05) is 0 Å². The molecule has 2 heteroatoms. The summed E-state index contributed by atoms with van der Waals surface area (Å²) in [5, 5.41) is 0.792. The molecular formula is C11H20OSe. The van der Waals surface area contributed by atoms with Crippen molar-refractivity contribution in [2.45, 2.75) is 44.8 Å². The number of allylic oxidation sites excluding steroid dienone is 4. The predicted octanol–water partition coefficient (Wildman–Crippen LogP) is 3.73. The van der Waals surface area contributed by atoms with Gasteiger partial charge in [0.05, 0.1) is 0 Å². The van der Waals surface area contributed by atoms with Crippen molar-refractivity contribution in [2.24, 2.45) is 0 Å². The molecule has 0 N–H and O–H groups in total. The molecule has 0 heterocycles. The van der Waals surface area contributed by atoms with E-state index in [-0.39, 0.29) is 0 Å². The van der Waals surface area contributed by atoms with Crippen molar-refractivity contribution in [3.63, 3.8) is 0 Å². The fraction of sp³-hybridized carbons (Fsp3) is 0.636. The maximum absolute atomic E-state index is 10.9. The van der Waals surface area contributed by atoms with Crippen LogP contribution in [0.4, 0.5) is 0 Å². The van der Waals surface area contributed by atoms with Crippen molar-refractivity contribution < 1.29 is 3.83 Å². The minimum absolute atomic E-state index is 0.792. The van der Waals surface area contributed by atoms with E-state index in [4.69, 9.17) is 0 Å². The summed E-state index contributed by atoms with van der Waals surface area (Å²) in [6, 6.07) is 0. The van der Waals surface area contributed by atoms with Crippen LogP contribution in [0.25, 0.3) is 0 Å². The van der Waals surface area contributed by atoms with Gasteiger partial charge in [-0.2, -0.15) is 0 Å². The molecule has 13 heavy (non-hydrogen) atoms. The Morgan fingerprint density at radius 3 is 2.31 bits per heavy atom. The SMILES string of the molecule is CC(C)=CCC/C(C)=C/C[Se](C)=O. The van der Waals surface area contributed by atoms with Crippen molar-refractivity contribution in [3.05, 3.63) is 23.3 Å². The summed E-state index contributed by atoms with van der Waals surface area (Å²) in [7, 11) is 0. The summed E-state index contributed by atoms with van der Waals surface area (Å²) in [5.74, 6) is 1.83.